The molecule has 1 aromatic heterocycles. The first-order valence-corrected chi connectivity index (χ1v) is 7.67. The molecule has 0 aliphatic heterocycles. The largest absolute Gasteiger partial charge is 0.468 e. The van der Waals surface area contributed by atoms with Crippen LogP contribution in [0.4, 0.5) is 5.82 Å². The molecule has 24 heavy (non-hydrogen) atoms. The van der Waals surface area contributed by atoms with E-state index in [1.54, 1.807) is 13.3 Å². The molecule has 0 aromatic carbocycles. The Balaban J connectivity index is 0. The zero-order valence-corrected chi connectivity index (χ0v) is 15.1. The van der Waals surface area contributed by atoms with E-state index < -0.39 is 5.69 Å². The fourth-order valence-corrected chi connectivity index (χ4v) is 1.18. The van der Waals surface area contributed by atoms with E-state index in [1.165, 1.54) is 24.2 Å². The van der Waals surface area contributed by atoms with Crippen LogP contribution in [0.5, 0.6) is 0 Å². The fourth-order valence-electron chi connectivity index (χ4n) is 1.18. The SMILES string of the molecule is CCC.COC(=O)CN.COC(C)CCn1ccc(NO)nc1=O. The lowest BCUT2D eigenvalue weighted by Gasteiger charge is -2.10. The topological polar surface area (TPSA) is 129 Å². The van der Waals surface area contributed by atoms with E-state index in [0.717, 1.165) is 6.42 Å². The van der Waals surface area contributed by atoms with Gasteiger partial charge in [-0.05, 0) is 19.4 Å². The molecule has 0 fully saturated rings. The van der Waals surface area contributed by atoms with Crippen molar-refractivity contribution in [3.63, 3.8) is 0 Å². The molecule has 9 nitrogen and oxygen atoms in total. The van der Waals surface area contributed by atoms with Crippen LogP contribution in [-0.2, 0) is 20.8 Å². The summed E-state index contributed by atoms with van der Waals surface area (Å²) in [7, 11) is 2.93. The van der Waals surface area contributed by atoms with Crippen LogP contribution in [0.1, 0.15) is 33.6 Å². The highest BCUT2D eigenvalue weighted by Gasteiger charge is 2.02. The van der Waals surface area contributed by atoms with E-state index >= 15 is 0 Å². The fraction of sp³-hybridized carbons (Fsp3) is 0.667. The molecule has 0 radical (unpaired) electrons. The van der Waals surface area contributed by atoms with Gasteiger partial charge in [0, 0.05) is 19.9 Å². The Morgan fingerprint density at radius 2 is 2.04 bits per heavy atom. The summed E-state index contributed by atoms with van der Waals surface area (Å²) in [6.07, 6.45) is 3.67. The number of nitrogens with one attached hydrogen (secondary N) is 1. The molecule has 1 heterocycles. The predicted octanol–water partition coefficient (Wildman–Crippen LogP) is 1.00. The number of rotatable bonds is 6. The van der Waals surface area contributed by atoms with Crippen molar-refractivity contribution in [3.8, 4) is 0 Å². The monoisotopic (exact) mass is 346 g/mol. The number of methoxy groups -OCH3 is 2. The molecule has 0 saturated carbocycles. The van der Waals surface area contributed by atoms with Crippen LogP contribution in [-0.4, -0.2) is 47.6 Å². The Hall–Kier alpha value is -1.97. The smallest absolute Gasteiger partial charge is 0.349 e. The number of esters is 1. The van der Waals surface area contributed by atoms with Crippen molar-refractivity contribution in [2.24, 2.45) is 5.73 Å². The maximum Gasteiger partial charge on any atom is 0.349 e. The van der Waals surface area contributed by atoms with Gasteiger partial charge in [-0.25, -0.2) is 4.79 Å². The number of aromatic nitrogens is 2. The maximum absolute atomic E-state index is 11.4. The van der Waals surface area contributed by atoms with Crippen LogP contribution in [0.2, 0.25) is 0 Å². The number of hydrogen-bond donors (Lipinski definition) is 3. The van der Waals surface area contributed by atoms with Gasteiger partial charge >= 0.3 is 11.7 Å². The number of aryl methyl sites for hydroxylation is 1. The standard InChI is InChI=1S/C9H15N3O3.C3H7NO2.C3H8/c1-7(15-2)3-5-12-6-4-8(11-14)10-9(12)13;1-6-3(5)2-4;1-3-2/h4,6-7,14H,3,5H2,1-2H3,(H,10,11,13);2,4H2,1H3;3H2,1-2H3. The summed E-state index contributed by atoms with van der Waals surface area (Å²) < 4.78 is 10.7. The zero-order valence-electron chi connectivity index (χ0n) is 15.1. The summed E-state index contributed by atoms with van der Waals surface area (Å²) in [4.78, 5) is 24.8. The van der Waals surface area contributed by atoms with Gasteiger partial charge in [0.1, 0.15) is 0 Å². The van der Waals surface area contributed by atoms with Crippen molar-refractivity contribution in [2.45, 2.75) is 46.3 Å². The van der Waals surface area contributed by atoms with E-state index in [0.29, 0.717) is 6.54 Å². The first kappa shape index (κ1) is 24.3. The molecule has 0 aliphatic carbocycles. The predicted molar refractivity (Wildman–Crippen MR) is 92.0 cm³/mol. The minimum Gasteiger partial charge on any atom is -0.468 e. The Morgan fingerprint density at radius 3 is 2.38 bits per heavy atom. The van der Waals surface area contributed by atoms with Gasteiger partial charge in [0.2, 0.25) is 0 Å². The zero-order chi connectivity index (χ0) is 19.0. The molecular formula is C15H30N4O5. The van der Waals surface area contributed by atoms with Crippen molar-refractivity contribution >= 4 is 11.8 Å². The average Bonchev–Trinajstić information content (AvgIpc) is 2.60. The molecular weight excluding hydrogens is 316 g/mol. The van der Waals surface area contributed by atoms with Crippen molar-refractivity contribution < 1.29 is 19.5 Å². The van der Waals surface area contributed by atoms with Gasteiger partial charge in [0.05, 0.1) is 19.8 Å². The number of hydrogen-bond acceptors (Lipinski definition) is 8. The molecule has 0 bridgehead atoms. The van der Waals surface area contributed by atoms with E-state index in [9.17, 15) is 9.59 Å². The quantitative estimate of drug-likeness (QED) is 0.514. The van der Waals surface area contributed by atoms with E-state index in [1.807, 2.05) is 12.4 Å². The van der Waals surface area contributed by atoms with E-state index in [2.05, 4.69) is 23.6 Å². The van der Waals surface area contributed by atoms with Crippen LogP contribution in [0.25, 0.3) is 0 Å². The van der Waals surface area contributed by atoms with Gasteiger partial charge in [0.15, 0.2) is 5.82 Å². The molecule has 0 aliphatic rings. The molecule has 140 valence electrons. The number of carbonyl (C=O) groups is 1. The Kier molecular flexibility index (Phi) is 16.1. The molecule has 1 rings (SSSR count). The number of nitrogens with two attached hydrogens (primary N) is 1. The summed E-state index contributed by atoms with van der Waals surface area (Å²) in [5.74, 6) is -0.231. The minimum atomic E-state index is -0.391. The Morgan fingerprint density at radius 1 is 1.46 bits per heavy atom. The summed E-state index contributed by atoms with van der Waals surface area (Å²) in [5.41, 5.74) is 6.24. The third-order valence-electron chi connectivity index (χ3n) is 2.56. The minimum absolute atomic E-state index is 0.0312. The first-order valence-electron chi connectivity index (χ1n) is 7.67. The normalized spacial score (nSPS) is 10.5. The van der Waals surface area contributed by atoms with Gasteiger partial charge in [-0.1, -0.05) is 20.3 Å². The van der Waals surface area contributed by atoms with Gasteiger partial charge < -0.3 is 15.2 Å². The van der Waals surface area contributed by atoms with Gasteiger partial charge in [0.25, 0.3) is 0 Å². The van der Waals surface area contributed by atoms with E-state index in [-0.39, 0.29) is 24.4 Å². The Labute approximate surface area is 142 Å². The average molecular weight is 346 g/mol. The number of ether oxygens (including phenoxy) is 2. The van der Waals surface area contributed by atoms with E-state index in [4.69, 9.17) is 15.7 Å². The third-order valence-corrected chi connectivity index (χ3v) is 2.56. The van der Waals surface area contributed by atoms with Gasteiger partial charge in [-0.2, -0.15) is 4.98 Å². The molecule has 0 saturated heterocycles. The summed E-state index contributed by atoms with van der Waals surface area (Å²) in [5, 5.41) is 8.53. The summed E-state index contributed by atoms with van der Waals surface area (Å²) >= 11 is 0. The lowest BCUT2D eigenvalue weighted by atomic mass is 10.3. The molecule has 4 N–H and O–H groups in total. The lowest BCUT2D eigenvalue weighted by Crippen LogP contribution is -2.24. The highest BCUT2D eigenvalue weighted by molar-refractivity contribution is 5.70. The number of carbonyl (C=O) groups excluding carboxylic acids is 1. The van der Waals surface area contributed by atoms with Crippen LogP contribution in [0, 0.1) is 0 Å². The van der Waals surface area contributed by atoms with Gasteiger partial charge in [-0.15, -0.1) is 0 Å². The number of nitrogens with zero attached hydrogens (tertiary/aromatic N) is 2. The van der Waals surface area contributed by atoms with Crippen molar-refractivity contribution in [1.29, 1.82) is 0 Å². The second-order valence-electron chi connectivity index (χ2n) is 4.72. The van der Waals surface area contributed by atoms with Crippen LogP contribution in [0.15, 0.2) is 17.1 Å². The maximum atomic E-state index is 11.4. The highest BCUT2D eigenvalue weighted by atomic mass is 16.5. The number of anilines is 1. The highest BCUT2D eigenvalue weighted by Crippen LogP contribution is 1.99. The van der Waals surface area contributed by atoms with Crippen molar-refractivity contribution in [2.75, 3.05) is 26.2 Å². The van der Waals surface area contributed by atoms with Crippen LogP contribution < -0.4 is 16.9 Å². The van der Waals surface area contributed by atoms with Gasteiger partial charge in [-0.3, -0.25) is 20.0 Å². The first-order chi connectivity index (χ1) is 11.4. The van der Waals surface area contributed by atoms with Crippen molar-refractivity contribution in [3.05, 3.63) is 22.7 Å². The van der Waals surface area contributed by atoms with Crippen LogP contribution in [0.3, 0.4) is 0 Å². The van der Waals surface area contributed by atoms with Crippen LogP contribution >= 0.6 is 0 Å². The third kappa shape index (κ3) is 12.6. The molecule has 1 aromatic rings. The summed E-state index contributed by atoms with van der Waals surface area (Å²) in [6, 6.07) is 1.53. The molecule has 1 unspecified atom stereocenters. The molecule has 0 amide bonds. The molecule has 0 spiro atoms. The molecule has 1 atom stereocenters. The van der Waals surface area contributed by atoms with Crippen molar-refractivity contribution in [1.82, 2.24) is 9.55 Å². The molecule has 9 heteroatoms. The second-order valence-corrected chi connectivity index (χ2v) is 4.72. The second kappa shape index (κ2) is 15.9. The summed E-state index contributed by atoms with van der Waals surface area (Å²) in [6.45, 7) is 6.70. The lowest BCUT2D eigenvalue weighted by molar-refractivity contribution is -0.138. The Bertz CT molecular complexity index is 487.